The van der Waals surface area contributed by atoms with Gasteiger partial charge < -0.3 is 19.3 Å². The molecule has 0 saturated heterocycles. The van der Waals surface area contributed by atoms with E-state index in [0.29, 0.717) is 22.8 Å². The number of hydrazone groups is 1. The van der Waals surface area contributed by atoms with Crippen molar-refractivity contribution in [3.63, 3.8) is 0 Å². The average molecular weight is 393 g/mol. The summed E-state index contributed by atoms with van der Waals surface area (Å²) < 4.78 is 16.3. The molecule has 24 heavy (non-hydrogen) atoms. The van der Waals surface area contributed by atoms with Crippen LogP contribution in [0.4, 0.5) is 0 Å². The summed E-state index contributed by atoms with van der Waals surface area (Å²) in [5.41, 5.74) is 3.16. The van der Waals surface area contributed by atoms with Crippen LogP contribution in [-0.2, 0) is 0 Å². The lowest BCUT2D eigenvalue weighted by Crippen LogP contribution is -2.17. The van der Waals surface area contributed by atoms with Gasteiger partial charge in [-0.05, 0) is 40.2 Å². The number of hydrogen-bond acceptors (Lipinski definition) is 6. The van der Waals surface area contributed by atoms with Crippen molar-refractivity contribution in [2.45, 2.75) is 0 Å². The minimum Gasteiger partial charge on any atom is -0.507 e. The van der Waals surface area contributed by atoms with Crippen molar-refractivity contribution >= 4 is 28.1 Å². The van der Waals surface area contributed by atoms with Gasteiger partial charge in [-0.15, -0.1) is 0 Å². The molecule has 0 unspecified atom stereocenters. The van der Waals surface area contributed by atoms with Crippen molar-refractivity contribution in [1.82, 2.24) is 5.43 Å². The van der Waals surface area contributed by atoms with Gasteiger partial charge in [0.05, 0.1) is 18.9 Å². The molecule has 7 nitrogen and oxygen atoms in total. The fourth-order valence-electron chi connectivity index (χ4n) is 2.08. The van der Waals surface area contributed by atoms with Crippen molar-refractivity contribution in [1.29, 1.82) is 0 Å². The summed E-state index contributed by atoms with van der Waals surface area (Å²) in [5, 5.41) is 13.7. The number of carbonyl (C=O) groups is 1. The van der Waals surface area contributed by atoms with Gasteiger partial charge in [0.15, 0.2) is 11.5 Å². The molecular formula is C16H13BrN2O5. The lowest BCUT2D eigenvalue weighted by molar-refractivity contribution is 0.0952. The topological polar surface area (TPSA) is 89.4 Å². The minimum atomic E-state index is -0.539. The van der Waals surface area contributed by atoms with Gasteiger partial charge in [-0.25, -0.2) is 5.43 Å². The fourth-order valence-corrected chi connectivity index (χ4v) is 2.51. The van der Waals surface area contributed by atoms with Gasteiger partial charge in [-0.2, -0.15) is 5.10 Å². The second kappa shape index (κ2) is 6.79. The van der Waals surface area contributed by atoms with E-state index in [1.54, 1.807) is 18.2 Å². The summed E-state index contributed by atoms with van der Waals surface area (Å²) >= 11 is 3.40. The lowest BCUT2D eigenvalue weighted by Gasteiger charge is -2.05. The van der Waals surface area contributed by atoms with Gasteiger partial charge in [0.25, 0.3) is 5.91 Å². The van der Waals surface area contributed by atoms with Crippen LogP contribution in [0.5, 0.6) is 23.0 Å². The number of phenols is 1. The van der Waals surface area contributed by atoms with Crippen molar-refractivity contribution in [3.8, 4) is 23.0 Å². The Morgan fingerprint density at radius 1 is 1.33 bits per heavy atom. The Morgan fingerprint density at radius 2 is 2.08 bits per heavy atom. The van der Waals surface area contributed by atoms with E-state index in [1.165, 1.54) is 25.5 Å². The van der Waals surface area contributed by atoms with E-state index in [9.17, 15) is 9.90 Å². The van der Waals surface area contributed by atoms with Gasteiger partial charge in [0, 0.05) is 16.1 Å². The van der Waals surface area contributed by atoms with Crippen LogP contribution in [0.2, 0.25) is 0 Å². The predicted molar refractivity (Wildman–Crippen MR) is 90.0 cm³/mol. The molecule has 2 aromatic carbocycles. The van der Waals surface area contributed by atoms with Crippen LogP contribution in [-0.4, -0.2) is 31.1 Å². The van der Waals surface area contributed by atoms with E-state index in [-0.39, 0.29) is 18.1 Å². The molecule has 0 aromatic heterocycles. The molecule has 3 rings (SSSR count). The quantitative estimate of drug-likeness (QED) is 0.616. The molecule has 8 heteroatoms. The molecule has 2 aromatic rings. The van der Waals surface area contributed by atoms with E-state index in [2.05, 4.69) is 26.5 Å². The summed E-state index contributed by atoms with van der Waals surface area (Å²) in [4.78, 5) is 12.0. The molecular weight excluding hydrogens is 380 g/mol. The molecule has 0 atom stereocenters. The van der Waals surface area contributed by atoms with E-state index < -0.39 is 5.91 Å². The number of fused-ring (bicyclic) bond motifs is 1. The van der Waals surface area contributed by atoms with Crippen molar-refractivity contribution in [2.24, 2.45) is 5.10 Å². The number of carbonyl (C=O) groups excluding carboxylic acids is 1. The first-order valence-electron chi connectivity index (χ1n) is 6.88. The number of rotatable bonds is 4. The van der Waals surface area contributed by atoms with Crippen molar-refractivity contribution < 1.29 is 24.1 Å². The standard InChI is InChI=1S/C16H13BrN2O5/c1-22-10-2-3-11(13(20)5-10)16(21)19-18-7-9-4-14-15(6-12(9)17)24-8-23-14/h2-7,20H,8H2,1H3,(H,19,21)/b18-7-. The Morgan fingerprint density at radius 3 is 2.79 bits per heavy atom. The monoisotopic (exact) mass is 392 g/mol. The molecule has 0 fully saturated rings. The third-order valence-electron chi connectivity index (χ3n) is 3.31. The Labute approximate surface area is 146 Å². The van der Waals surface area contributed by atoms with Gasteiger partial charge >= 0.3 is 0 Å². The smallest absolute Gasteiger partial charge is 0.275 e. The maximum atomic E-state index is 12.0. The predicted octanol–water partition coefficient (Wildman–Crippen LogP) is 2.66. The first-order chi connectivity index (χ1) is 11.6. The minimum absolute atomic E-state index is 0.0951. The highest BCUT2D eigenvalue weighted by molar-refractivity contribution is 9.10. The number of aromatic hydroxyl groups is 1. The van der Waals surface area contributed by atoms with Crippen LogP contribution in [0, 0.1) is 0 Å². The van der Waals surface area contributed by atoms with Crippen LogP contribution >= 0.6 is 15.9 Å². The number of halogens is 1. The molecule has 1 aliphatic heterocycles. The van der Waals surface area contributed by atoms with E-state index in [1.807, 2.05) is 0 Å². The second-order valence-electron chi connectivity index (χ2n) is 4.81. The number of methoxy groups -OCH3 is 1. The number of hydrogen-bond donors (Lipinski definition) is 2. The highest BCUT2D eigenvalue weighted by Gasteiger charge is 2.16. The zero-order valence-corrected chi connectivity index (χ0v) is 14.2. The maximum absolute atomic E-state index is 12.0. The summed E-state index contributed by atoms with van der Waals surface area (Å²) in [6.07, 6.45) is 1.46. The third-order valence-corrected chi connectivity index (χ3v) is 4.00. The van der Waals surface area contributed by atoms with Crippen LogP contribution in [0.3, 0.4) is 0 Å². The second-order valence-corrected chi connectivity index (χ2v) is 5.66. The SMILES string of the molecule is COc1ccc(C(=O)N/N=C\c2cc3c(cc2Br)OCO3)c(O)c1. The maximum Gasteiger partial charge on any atom is 0.275 e. The summed E-state index contributed by atoms with van der Waals surface area (Å²) in [6.45, 7) is 0.176. The van der Waals surface area contributed by atoms with Crippen LogP contribution in [0.1, 0.15) is 15.9 Å². The Bertz CT molecular complexity index is 822. The van der Waals surface area contributed by atoms with Crippen molar-refractivity contribution in [3.05, 3.63) is 45.9 Å². The third kappa shape index (κ3) is 3.28. The largest absolute Gasteiger partial charge is 0.507 e. The number of ether oxygens (including phenoxy) is 3. The zero-order chi connectivity index (χ0) is 17.1. The molecule has 1 amide bonds. The Hall–Kier alpha value is -2.74. The van der Waals surface area contributed by atoms with E-state index in [4.69, 9.17) is 14.2 Å². The molecule has 0 bridgehead atoms. The number of benzene rings is 2. The highest BCUT2D eigenvalue weighted by atomic mass is 79.9. The van der Waals surface area contributed by atoms with Crippen LogP contribution in [0.25, 0.3) is 0 Å². The molecule has 1 aliphatic rings. The summed E-state index contributed by atoms with van der Waals surface area (Å²) in [6, 6.07) is 7.89. The fraction of sp³-hybridized carbons (Fsp3) is 0.125. The van der Waals surface area contributed by atoms with Crippen molar-refractivity contribution in [2.75, 3.05) is 13.9 Å². The molecule has 0 saturated carbocycles. The molecule has 1 heterocycles. The Kier molecular flexibility index (Phi) is 4.57. The van der Waals surface area contributed by atoms with Gasteiger partial charge in [-0.3, -0.25) is 4.79 Å². The van der Waals surface area contributed by atoms with Gasteiger partial charge in [-0.1, -0.05) is 0 Å². The van der Waals surface area contributed by atoms with E-state index in [0.717, 1.165) is 4.47 Å². The number of nitrogens with zero attached hydrogens (tertiary/aromatic N) is 1. The molecule has 124 valence electrons. The van der Waals surface area contributed by atoms with Gasteiger partial charge in [0.2, 0.25) is 6.79 Å². The summed E-state index contributed by atoms with van der Waals surface area (Å²) in [5.74, 6) is 0.983. The first kappa shape index (κ1) is 16.1. The van der Waals surface area contributed by atoms with E-state index >= 15 is 0 Å². The number of nitrogens with one attached hydrogen (secondary N) is 1. The normalized spacial score (nSPS) is 12.4. The van der Waals surface area contributed by atoms with Gasteiger partial charge in [0.1, 0.15) is 11.5 Å². The summed E-state index contributed by atoms with van der Waals surface area (Å²) in [7, 11) is 1.47. The molecule has 0 spiro atoms. The highest BCUT2D eigenvalue weighted by Crippen LogP contribution is 2.36. The molecule has 2 N–H and O–H groups in total. The number of phenolic OH excluding ortho intramolecular Hbond substituents is 1. The van der Waals surface area contributed by atoms with Crippen LogP contribution < -0.4 is 19.6 Å². The van der Waals surface area contributed by atoms with Crippen LogP contribution in [0.15, 0.2) is 39.9 Å². The molecule has 0 radical (unpaired) electrons. The number of amides is 1. The first-order valence-corrected chi connectivity index (χ1v) is 7.67. The lowest BCUT2D eigenvalue weighted by atomic mass is 10.2. The molecule has 0 aliphatic carbocycles. The Balaban J connectivity index is 1.71. The zero-order valence-electron chi connectivity index (χ0n) is 12.6. The average Bonchev–Trinajstić information content (AvgIpc) is 3.01.